The molecule has 2 saturated carbocycles. The summed E-state index contributed by atoms with van der Waals surface area (Å²) in [5.41, 5.74) is 5.32. The number of nitrogens with one attached hydrogen (secondary N) is 2. The summed E-state index contributed by atoms with van der Waals surface area (Å²) in [6.45, 7) is 2.12. The molecule has 0 aliphatic heterocycles. The number of nitrogens with zero attached hydrogens (tertiary/aromatic N) is 2. The molecule has 35 heavy (non-hydrogen) atoms. The lowest BCUT2D eigenvalue weighted by Gasteiger charge is -2.33. The fraction of sp³-hybridized carbons (Fsp3) is 0.467. The minimum absolute atomic E-state index is 0.181. The third-order valence-corrected chi connectivity index (χ3v) is 8.21. The van der Waals surface area contributed by atoms with Gasteiger partial charge in [0.05, 0.1) is 16.7 Å². The molecule has 0 bridgehead atoms. The second-order valence-corrected chi connectivity index (χ2v) is 10.8. The van der Waals surface area contributed by atoms with Crippen LogP contribution in [0, 0.1) is 12.8 Å². The second-order valence-electron chi connectivity index (χ2n) is 10.8. The van der Waals surface area contributed by atoms with E-state index in [-0.39, 0.29) is 11.9 Å². The minimum Gasteiger partial charge on any atom is -0.352 e. The van der Waals surface area contributed by atoms with Gasteiger partial charge in [0.15, 0.2) is 5.82 Å². The standard InChI is InChI=1S/C30H36N4O/c1-20-16-17-24-22(18-20)19-26(32-24)29-33-25-14-8-9-15-27(25)34(29)28(21-10-4-2-5-11-21)30(35)31-23-12-6-3-7-13-23/h8-9,14-19,21,23,28,32H,2-7,10-13H2,1H3,(H,31,35). The fourth-order valence-electron chi connectivity index (χ4n) is 6.41. The first-order valence-corrected chi connectivity index (χ1v) is 13.5. The highest BCUT2D eigenvalue weighted by Crippen LogP contribution is 2.39. The highest BCUT2D eigenvalue weighted by molar-refractivity contribution is 5.90. The molecule has 2 heterocycles. The van der Waals surface area contributed by atoms with Gasteiger partial charge in [0, 0.05) is 16.9 Å². The molecule has 6 rings (SSSR count). The van der Waals surface area contributed by atoms with Crippen molar-refractivity contribution in [2.75, 3.05) is 0 Å². The number of amides is 1. The molecule has 0 spiro atoms. The number of imidazole rings is 1. The highest BCUT2D eigenvalue weighted by atomic mass is 16.2. The highest BCUT2D eigenvalue weighted by Gasteiger charge is 2.35. The van der Waals surface area contributed by atoms with Gasteiger partial charge in [-0.05, 0) is 68.9 Å². The van der Waals surface area contributed by atoms with Crippen LogP contribution in [0.1, 0.15) is 75.8 Å². The van der Waals surface area contributed by atoms with Gasteiger partial charge in [0.2, 0.25) is 5.91 Å². The van der Waals surface area contributed by atoms with Gasteiger partial charge in [0.25, 0.3) is 0 Å². The van der Waals surface area contributed by atoms with Crippen molar-refractivity contribution in [3.63, 3.8) is 0 Å². The molecule has 2 aliphatic carbocycles. The maximum absolute atomic E-state index is 14.1. The summed E-state index contributed by atoms with van der Waals surface area (Å²) in [5.74, 6) is 1.38. The van der Waals surface area contributed by atoms with Crippen molar-refractivity contribution in [3.8, 4) is 11.5 Å². The average molecular weight is 469 g/mol. The number of aromatic amines is 1. The number of para-hydroxylation sites is 2. The normalized spacial score (nSPS) is 18.8. The number of aromatic nitrogens is 3. The lowest BCUT2D eigenvalue weighted by Crippen LogP contribution is -2.43. The van der Waals surface area contributed by atoms with E-state index in [1.165, 1.54) is 49.5 Å². The molecule has 1 amide bonds. The van der Waals surface area contributed by atoms with Crippen LogP contribution in [0.2, 0.25) is 0 Å². The van der Waals surface area contributed by atoms with E-state index in [4.69, 9.17) is 4.98 Å². The molecule has 2 aromatic heterocycles. The van der Waals surface area contributed by atoms with Crippen LogP contribution < -0.4 is 5.32 Å². The molecule has 4 aromatic rings. The predicted molar refractivity (Wildman–Crippen MR) is 142 cm³/mol. The lowest BCUT2D eigenvalue weighted by molar-refractivity contribution is -0.127. The van der Waals surface area contributed by atoms with Gasteiger partial charge in [-0.2, -0.15) is 0 Å². The van der Waals surface area contributed by atoms with E-state index in [1.807, 2.05) is 6.07 Å². The minimum atomic E-state index is -0.243. The van der Waals surface area contributed by atoms with Gasteiger partial charge in [0.1, 0.15) is 6.04 Å². The summed E-state index contributed by atoms with van der Waals surface area (Å²) in [6, 6.07) is 17.0. The molecule has 2 aliphatic rings. The summed E-state index contributed by atoms with van der Waals surface area (Å²) in [4.78, 5) is 22.8. The van der Waals surface area contributed by atoms with Crippen molar-refractivity contribution in [2.24, 2.45) is 5.92 Å². The molecule has 182 valence electrons. The number of hydrogen-bond acceptors (Lipinski definition) is 2. The molecule has 2 aromatic carbocycles. The molecular formula is C30H36N4O. The van der Waals surface area contributed by atoms with Crippen molar-refractivity contribution in [3.05, 3.63) is 54.1 Å². The number of aryl methyl sites for hydroxylation is 1. The van der Waals surface area contributed by atoms with Crippen LogP contribution in [0.5, 0.6) is 0 Å². The van der Waals surface area contributed by atoms with Crippen LogP contribution in [-0.2, 0) is 4.79 Å². The molecular weight excluding hydrogens is 432 g/mol. The zero-order chi connectivity index (χ0) is 23.8. The second kappa shape index (κ2) is 9.52. The number of rotatable bonds is 5. The van der Waals surface area contributed by atoms with E-state index < -0.39 is 0 Å². The first-order valence-electron chi connectivity index (χ1n) is 13.5. The van der Waals surface area contributed by atoms with Crippen molar-refractivity contribution < 1.29 is 4.79 Å². The van der Waals surface area contributed by atoms with Gasteiger partial charge in [-0.1, -0.05) is 62.3 Å². The lowest BCUT2D eigenvalue weighted by atomic mass is 9.82. The van der Waals surface area contributed by atoms with Gasteiger partial charge >= 0.3 is 0 Å². The van der Waals surface area contributed by atoms with E-state index >= 15 is 0 Å². The largest absolute Gasteiger partial charge is 0.352 e. The van der Waals surface area contributed by atoms with Crippen LogP contribution in [0.15, 0.2) is 48.5 Å². The number of H-pyrrole nitrogens is 1. The zero-order valence-electron chi connectivity index (χ0n) is 20.7. The summed E-state index contributed by atoms with van der Waals surface area (Å²) in [6.07, 6.45) is 11.8. The fourth-order valence-corrected chi connectivity index (χ4v) is 6.41. The Kier molecular flexibility index (Phi) is 6.09. The van der Waals surface area contributed by atoms with Gasteiger partial charge in [-0.25, -0.2) is 4.98 Å². The molecule has 1 atom stereocenters. The topological polar surface area (TPSA) is 62.7 Å². The quantitative estimate of drug-likeness (QED) is 0.329. The number of fused-ring (bicyclic) bond motifs is 2. The monoisotopic (exact) mass is 468 g/mol. The average Bonchev–Trinajstić information content (AvgIpc) is 3.47. The van der Waals surface area contributed by atoms with Crippen molar-refractivity contribution in [2.45, 2.75) is 83.2 Å². The van der Waals surface area contributed by atoms with Crippen LogP contribution in [0.3, 0.4) is 0 Å². The SMILES string of the molecule is Cc1ccc2[nH]c(-c3nc4ccccc4n3C(C(=O)NC3CCCCC3)C3CCCCC3)cc2c1. The summed E-state index contributed by atoms with van der Waals surface area (Å²) in [5, 5.41) is 4.66. The van der Waals surface area contributed by atoms with Crippen LogP contribution in [-0.4, -0.2) is 26.5 Å². The molecule has 2 fully saturated rings. The number of carbonyl (C=O) groups is 1. The number of hydrogen-bond donors (Lipinski definition) is 2. The van der Waals surface area contributed by atoms with Gasteiger partial charge < -0.3 is 14.9 Å². The Labute approximate surface area is 207 Å². The van der Waals surface area contributed by atoms with Crippen LogP contribution in [0.25, 0.3) is 33.5 Å². The maximum atomic E-state index is 14.1. The molecule has 2 N–H and O–H groups in total. The maximum Gasteiger partial charge on any atom is 0.243 e. The molecule has 5 nitrogen and oxygen atoms in total. The Morgan fingerprint density at radius 3 is 2.51 bits per heavy atom. The molecule has 0 saturated heterocycles. The van der Waals surface area contributed by atoms with E-state index in [2.05, 4.69) is 64.3 Å². The van der Waals surface area contributed by atoms with E-state index in [9.17, 15) is 4.79 Å². The Hall–Kier alpha value is -3.08. The van der Waals surface area contributed by atoms with Crippen molar-refractivity contribution in [1.29, 1.82) is 0 Å². The smallest absolute Gasteiger partial charge is 0.243 e. The third-order valence-electron chi connectivity index (χ3n) is 8.21. The van der Waals surface area contributed by atoms with Crippen LogP contribution in [0.4, 0.5) is 0 Å². The Bertz CT molecular complexity index is 1340. The summed E-state index contributed by atoms with van der Waals surface area (Å²) < 4.78 is 2.26. The molecule has 5 heteroatoms. The van der Waals surface area contributed by atoms with Gasteiger partial charge in [-0.15, -0.1) is 0 Å². The zero-order valence-corrected chi connectivity index (χ0v) is 20.7. The van der Waals surface area contributed by atoms with Gasteiger partial charge in [-0.3, -0.25) is 4.79 Å². The summed E-state index contributed by atoms with van der Waals surface area (Å²) in [7, 11) is 0. The van der Waals surface area contributed by atoms with E-state index in [0.29, 0.717) is 12.0 Å². The molecule has 0 radical (unpaired) electrons. The summed E-state index contributed by atoms with van der Waals surface area (Å²) >= 11 is 0. The first kappa shape index (κ1) is 22.4. The predicted octanol–water partition coefficient (Wildman–Crippen LogP) is 7.06. The van der Waals surface area contributed by atoms with E-state index in [1.54, 1.807) is 0 Å². The Morgan fingerprint density at radius 2 is 1.71 bits per heavy atom. The van der Waals surface area contributed by atoms with Crippen LogP contribution >= 0.6 is 0 Å². The van der Waals surface area contributed by atoms with Crippen molar-refractivity contribution in [1.82, 2.24) is 19.9 Å². The molecule has 1 unspecified atom stereocenters. The Balaban J connectivity index is 1.48. The number of carbonyl (C=O) groups excluding carboxylic acids is 1. The Morgan fingerprint density at radius 1 is 0.971 bits per heavy atom. The third kappa shape index (κ3) is 4.37. The number of benzene rings is 2. The van der Waals surface area contributed by atoms with Crippen molar-refractivity contribution >= 4 is 27.8 Å². The van der Waals surface area contributed by atoms with E-state index in [0.717, 1.165) is 53.8 Å². The first-order chi connectivity index (χ1) is 17.2.